The smallest absolute Gasteiger partial charge is 0.105 e. The van der Waals surface area contributed by atoms with Gasteiger partial charge in [-0.2, -0.15) is 0 Å². The van der Waals surface area contributed by atoms with E-state index in [-0.39, 0.29) is 5.44 Å². The summed E-state index contributed by atoms with van der Waals surface area (Å²) < 4.78 is 5.43. The zero-order valence-electron chi connectivity index (χ0n) is 7.57. The zero-order chi connectivity index (χ0) is 9.52. The lowest BCUT2D eigenvalue weighted by atomic mass is 10.4. The fraction of sp³-hybridized carbons (Fsp3) is 0.400. The third-order valence-electron chi connectivity index (χ3n) is 1.47. The number of benzene rings is 1. The van der Waals surface area contributed by atoms with Crippen LogP contribution in [0.3, 0.4) is 0 Å². The molecule has 0 N–H and O–H groups in total. The van der Waals surface area contributed by atoms with E-state index in [1.54, 1.807) is 11.8 Å². The Labute approximate surface area is 88.4 Å². The lowest BCUT2D eigenvalue weighted by molar-refractivity contribution is 0.139. The molecule has 0 amide bonds. The summed E-state index contributed by atoms with van der Waals surface area (Å²) in [6.45, 7) is 2.65. The van der Waals surface area contributed by atoms with Crippen LogP contribution in [0.15, 0.2) is 35.2 Å². The molecule has 0 aliphatic rings. The quantitative estimate of drug-likeness (QED) is 0.424. The van der Waals surface area contributed by atoms with E-state index in [2.05, 4.69) is 12.1 Å². The van der Waals surface area contributed by atoms with Crippen molar-refractivity contribution in [2.24, 2.45) is 0 Å². The minimum absolute atomic E-state index is 0.168. The summed E-state index contributed by atoms with van der Waals surface area (Å²) in [5.41, 5.74) is 0.168. The van der Waals surface area contributed by atoms with Gasteiger partial charge in [-0.3, -0.25) is 0 Å². The molecule has 0 aliphatic carbocycles. The van der Waals surface area contributed by atoms with E-state index < -0.39 is 0 Å². The number of alkyl halides is 1. The van der Waals surface area contributed by atoms with E-state index in [4.69, 9.17) is 16.3 Å². The van der Waals surface area contributed by atoms with Gasteiger partial charge >= 0.3 is 0 Å². The predicted molar refractivity (Wildman–Crippen MR) is 58.4 cm³/mol. The Kier molecular flexibility index (Phi) is 5.28. The maximum Gasteiger partial charge on any atom is 0.105 e. The lowest BCUT2D eigenvalue weighted by Gasteiger charge is -2.10. The van der Waals surface area contributed by atoms with Crippen molar-refractivity contribution < 1.29 is 4.74 Å². The predicted octanol–water partition coefficient (Wildman–Crippen LogP) is 3.38. The number of hydrogen-bond donors (Lipinski definition) is 0. The van der Waals surface area contributed by atoms with Crippen molar-refractivity contribution in [3.8, 4) is 0 Å². The summed E-state index contributed by atoms with van der Waals surface area (Å²) >= 11 is 7.22. The minimum atomic E-state index is 0.168. The Morgan fingerprint density at radius 1 is 1.38 bits per heavy atom. The van der Waals surface area contributed by atoms with Gasteiger partial charge in [0.1, 0.15) is 5.44 Å². The van der Waals surface area contributed by atoms with Crippen LogP contribution in [0.5, 0.6) is 0 Å². The molecule has 1 aromatic rings. The van der Waals surface area contributed by atoms with Crippen LogP contribution in [0.4, 0.5) is 0 Å². The SMILES string of the molecule is CC(OCCCl)Sc1ccccc1. The van der Waals surface area contributed by atoms with E-state index in [9.17, 15) is 0 Å². The number of ether oxygens (including phenoxy) is 1. The van der Waals surface area contributed by atoms with E-state index in [0.717, 1.165) is 0 Å². The monoisotopic (exact) mass is 216 g/mol. The number of halogens is 1. The van der Waals surface area contributed by atoms with Crippen LogP contribution in [-0.4, -0.2) is 17.9 Å². The van der Waals surface area contributed by atoms with Crippen molar-refractivity contribution in [3.05, 3.63) is 30.3 Å². The van der Waals surface area contributed by atoms with E-state index in [1.165, 1.54) is 4.90 Å². The Balaban J connectivity index is 2.32. The molecule has 3 heteroatoms. The Morgan fingerprint density at radius 2 is 2.08 bits per heavy atom. The molecule has 0 radical (unpaired) electrons. The summed E-state index contributed by atoms with van der Waals surface area (Å²) in [5.74, 6) is 0.555. The highest BCUT2D eigenvalue weighted by Gasteiger charge is 2.02. The summed E-state index contributed by atoms with van der Waals surface area (Å²) in [7, 11) is 0. The third kappa shape index (κ3) is 4.55. The molecular formula is C10H13ClOS. The molecule has 0 spiro atoms. The number of rotatable bonds is 5. The largest absolute Gasteiger partial charge is 0.366 e. The van der Waals surface area contributed by atoms with Gasteiger partial charge in [-0.15, -0.1) is 11.6 Å². The maximum atomic E-state index is 5.51. The Morgan fingerprint density at radius 3 is 2.69 bits per heavy atom. The van der Waals surface area contributed by atoms with Gasteiger partial charge in [-0.05, 0) is 19.1 Å². The summed E-state index contributed by atoms with van der Waals surface area (Å²) in [6.07, 6.45) is 0. The highest BCUT2D eigenvalue weighted by atomic mass is 35.5. The average Bonchev–Trinajstić information content (AvgIpc) is 2.16. The lowest BCUT2D eigenvalue weighted by Crippen LogP contribution is -2.05. The Bertz CT molecular complexity index is 228. The first kappa shape index (κ1) is 10.9. The molecule has 0 heterocycles. The fourth-order valence-corrected chi connectivity index (χ4v) is 1.89. The first-order valence-corrected chi connectivity index (χ1v) is 5.63. The molecule has 0 saturated carbocycles. The molecule has 72 valence electrons. The molecule has 0 bridgehead atoms. The van der Waals surface area contributed by atoms with Crippen LogP contribution in [0.2, 0.25) is 0 Å². The number of hydrogen-bond acceptors (Lipinski definition) is 2. The van der Waals surface area contributed by atoms with Crippen molar-refractivity contribution in [1.29, 1.82) is 0 Å². The van der Waals surface area contributed by atoms with Crippen LogP contribution >= 0.6 is 23.4 Å². The van der Waals surface area contributed by atoms with Gasteiger partial charge in [0.15, 0.2) is 0 Å². The summed E-state index contributed by atoms with van der Waals surface area (Å²) in [6, 6.07) is 10.2. The van der Waals surface area contributed by atoms with E-state index >= 15 is 0 Å². The second-order valence-electron chi connectivity index (χ2n) is 2.56. The van der Waals surface area contributed by atoms with Gasteiger partial charge in [0.25, 0.3) is 0 Å². The van der Waals surface area contributed by atoms with Gasteiger partial charge < -0.3 is 4.74 Å². The molecule has 1 rings (SSSR count). The summed E-state index contributed by atoms with van der Waals surface area (Å²) in [5, 5.41) is 0. The van der Waals surface area contributed by atoms with Gasteiger partial charge in [0.05, 0.1) is 6.61 Å². The first-order chi connectivity index (χ1) is 6.33. The van der Waals surface area contributed by atoms with Crippen LogP contribution in [0, 0.1) is 0 Å². The number of thioether (sulfide) groups is 1. The highest BCUT2D eigenvalue weighted by molar-refractivity contribution is 7.99. The molecule has 0 aromatic heterocycles. The highest BCUT2D eigenvalue weighted by Crippen LogP contribution is 2.22. The molecule has 1 unspecified atom stereocenters. The van der Waals surface area contributed by atoms with Crippen molar-refractivity contribution >= 4 is 23.4 Å². The first-order valence-electron chi connectivity index (χ1n) is 4.22. The summed E-state index contributed by atoms with van der Waals surface area (Å²) in [4.78, 5) is 1.23. The standard InChI is InChI=1S/C10H13ClOS/c1-9(12-8-7-11)13-10-5-3-2-4-6-10/h2-6,9H,7-8H2,1H3. The van der Waals surface area contributed by atoms with Gasteiger partial charge in [0, 0.05) is 10.8 Å². The van der Waals surface area contributed by atoms with E-state index in [1.807, 2.05) is 25.1 Å². The second kappa shape index (κ2) is 6.30. The minimum Gasteiger partial charge on any atom is -0.366 e. The zero-order valence-corrected chi connectivity index (χ0v) is 9.15. The van der Waals surface area contributed by atoms with Gasteiger partial charge in [-0.1, -0.05) is 30.0 Å². The van der Waals surface area contributed by atoms with Gasteiger partial charge in [-0.25, -0.2) is 0 Å². The Hall–Kier alpha value is -0.180. The van der Waals surface area contributed by atoms with Crippen molar-refractivity contribution in [3.63, 3.8) is 0 Å². The molecule has 0 aliphatic heterocycles. The second-order valence-corrected chi connectivity index (χ2v) is 4.31. The van der Waals surface area contributed by atoms with Crippen LogP contribution in [0.25, 0.3) is 0 Å². The van der Waals surface area contributed by atoms with Crippen LogP contribution < -0.4 is 0 Å². The van der Waals surface area contributed by atoms with Crippen molar-refractivity contribution in [1.82, 2.24) is 0 Å². The normalized spacial score (nSPS) is 12.8. The fourth-order valence-electron chi connectivity index (χ4n) is 0.935. The molecule has 13 heavy (non-hydrogen) atoms. The van der Waals surface area contributed by atoms with Crippen LogP contribution in [0.1, 0.15) is 6.92 Å². The molecule has 1 atom stereocenters. The molecule has 0 fully saturated rings. The van der Waals surface area contributed by atoms with Crippen molar-refractivity contribution in [2.75, 3.05) is 12.5 Å². The molecule has 1 aromatic carbocycles. The van der Waals surface area contributed by atoms with Crippen LogP contribution in [-0.2, 0) is 4.74 Å². The topological polar surface area (TPSA) is 9.23 Å². The van der Waals surface area contributed by atoms with E-state index in [0.29, 0.717) is 12.5 Å². The van der Waals surface area contributed by atoms with Gasteiger partial charge in [0.2, 0.25) is 0 Å². The molecule has 0 saturated heterocycles. The molecular weight excluding hydrogens is 204 g/mol. The molecule has 1 nitrogen and oxygen atoms in total. The van der Waals surface area contributed by atoms with Crippen molar-refractivity contribution in [2.45, 2.75) is 17.3 Å². The average molecular weight is 217 g/mol. The maximum absolute atomic E-state index is 5.51. The third-order valence-corrected chi connectivity index (χ3v) is 2.64.